The number of ether oxygens (including phenoxy) is 1. The molecule has 0 unspecified atom stereocenters. The van der Waals surface area contributed by atoms with Gasteiger partial charge in [0.25, 0.3) is 0 Å². The highest BCUT2D eigenvalue weighted by atomic mass is 19.2. The fourth-order valence-electron chi connectivity index (χ4n) is 1.71. The van der Waals surface area contributed by atoms with Crippen LogP contribution in [-0.2, 0) is 17.8 Å². The van der Waals surface area contributed by atoms with E-state index in [1.807, 2.05) is 0 Å². The van der Waals surface area contributed by atoms with Gasteiger partial charge >= 0.3 is 0 Å². The molecule has 2 rings (SSSR count). The van der Waals surface area contributed by atoms with Crippen molar-refractivity contribution >= 4 is 0 Å². The highest BCUT2D eigenvalue weighted by Gasteiger charge is 2.41. The Balaban J connectivity index is 2.23. The Morgan fingerprint density at radius 2 is 1.81 bits per heavy atom. The van der Waals surface area contributed by atoms with Crippen molar-refractivity contribution in [2.45, 2.75) is 31.5 Å². The average Bonchev–Trinajstić information content (AvgIpc) is 2.97. The molecule has 0 radical (unpaired) electrons. The van der Waals surface area contributed by atoms with E-state index in [4.69, 9.17) is 4.74 Å². The van der Waals surface area contributed by atoms with Crippen LogP contribution in [0, 0.1) is 11.6 Å². The summed E-state index contributed by atoms with van der Waals surface area (Å²) in [5.41, 5.74) is -0.375. The van der Waals surface area contributed by atoms with Crippen molar-refractivity contribution < 1.29 is 18.6 Å². The fourth-order valence-corrected chi connectivity index (χ4v) is 1.71. The Kier molecular flexibility index (Phi) is 2.95. The van der Waals surface area contributed by atoms with Gasteiger partial charge in [-0.05, 0) is 18.4 Å². The topological polar surface area (TPSA) is 29.5 Å². The lowest BCUT2D eigenvalue weighted by atomic mass is 10.0. The molecule has 4 heteroatoms. The van der Waals surface area contributed by atoms with Crippen LogP contribution in [0.5, 0.6) is 0 Å². The van der Waals surface area contributed by atoms with E-state index in [1.54, 1.807) is 0 Å². The molecule has 0 saturated heterocycles. The molecule has 2 nitrogen and oxygen atoms in total. The predicted molar refractivity (Wildman–Crippen MR) is 55.0 cm³/mol. The molecule has 1 aliphatic carbocycles. The van der Waals surface area contributed by atoms with Crippen molar-refractivity contribution in [3.8, 4) is 0 Å². The van der Waals surface area contributed by atoms with E-state index in [2.05, 4.69) is 0 Å². The quantitative estimate of drug-likeness (QED) is 0.855. The summed E-state index contributed by atoms with van der Waals surface area (Å²) in [5, 5.41) is 9.66. The summed E-state index contributed by atoms with van der Waals surface area (Å²) in [4.78, 5) is 0. The Labute approximate surface area is 92.9 Å². The van der Waals surface area contributed by atoms with Gasteiger partial charge in [0.2, 0.25) is 0 Å². The van der Waals surface area contributed by atoms with Crippen LogP contribution in [0.3, 0.4) is 0 Å². The van der Waals surface area contributed by atoms with E-state index in [0.717, 1.165) is 0 Å². The van der Waals surface area contributed by atoms with E-state index in [0.29, 0.717) is 12.8 Å². The van der Waals surface area contributed by atoms with E-state index in [1.165, 1.54) is 19.2 Å². The number of halogens is 2. The Bertz CT molecular complexity index is 400. The minimum atomic E-state index is -0.872. The van der Waals surface area contributed by atoms with Crippen LogP contribution in [0.1, 0.15) is 24.0 Å². The van der Waals surface area contributed by atoms with Gasteiger partial charge in [-0.1, -0.05) is 12.1 Å². The minimum absolute atomic E-state index is 0.0489. The normalized spacial score (nSPS) is 17.5. The molecule has 1 aromatic carbocycles. The van der Waals surface area contributed by atoms with E-state index in [9.17, 15) is 13.9 Å². The third-order valence-electron chi connectivity index (χ3n) is 2.89. The molecule has 0 spiro atoms. The molecule has 0 aliphatic heterocycles. The number of aliphatic hydroxyl groups is 1. The molecule has 0 atom stereocenters. The standard InChI is InChI=1S/C12H14F2O2/c1-16-7-9-3-2-8(10(13)11(9)14)6-12(15)4-5-12/h2-3,15H,4-7H2,1H3. The molecule has 0 aromatic heterocycles. The molecule has 16 heavy (non-hydrogen) atoms. The highest BCUT2D eigenvalue weighted by molar-refractivity contribution is 5.28. The third-order valence-corrected chi connectivity index (χ3v) is 2.89. The molecule has 0 bridgehead atoms. The molecule has 1 N–H and O–H groups in total. The second-order valence-electron chi connectivity index (χ2n) is 4.35. The number of rotatable bonds is 4. The molecule has 1 saturated carbocycles. The predicted octanol–water partition coefficient (Wildman–Crippen LogP) is 2.18. The molecule has 1 aliphatic rings. The first-order valence-electron chi connectivity index (χ1n) is 5.23. The highest BCUT2D eigenvalue weighted by Crippen LogP contribution is 2.39. The van der Waals surface area contributed by atoms with Gasteiger partial charge in [-0.3, -0.25) is 0 Å². The largest absolute Gasteiger partial charge is 0.390 e. The van der Waals surface area contributed by atoms with E-state index < -0.39 is 17.2 Å². The number of methoxy groups -OCH3 is 1. The maximum Gasteiger partial charge on any atom is 0.164 e. The van der Waals surface area contributed by atoms with Gasteiger partial charge in [0.05, 0.1) is 12.2 Å². The molecule has 0 amide bonds. The number of hydrogen-bond acceptors (Lipinski definition) is 2. The van der Waals surface area contributed by atoms with Gasteiger partial charge in [0, 0.05) is 19.1 Å². The van der Waals surface area contributed by atoms with Crippen molar-refractivity contribution in [2.75, 3.05) is 7.11 Å². The van der Waals surface area contributed by atoms with Crippen LogP contribution in [0.2, 0.25) is 0 Å². The summed E-state index contributed by atoms with van der Waals surface area (Å²) in [6.07, 6.45) is 1.50. The van der Waals surface area contributed by atoms with Crippen molar-refractivity contribution in [3.63, 3.8) is 0 Å². The van der Waals surface area contributed by atoms with Crippen LogP contribution in [0.15, 0.2) is 12.1 Å². The molecule has 0 heterocycles. The summed E-state index contributed by atoms with van der Waals surface area (Å²) in [6.45, 7) is 0.0489. The first-order chi connectivity index (χ1) is 7.56. The van der Waals surface area contributed by atoms with Crippen LogP contribution < -0.4 is 0 Å². The molecular weight excluding hydrogens is 214 g/mol. The smallest absolute Gasteiger partial charge is 0.164 e. The Morgan fingerprint density at radius 1 is 1.25 bits per heavy atom. The zero-order valence-electron chi connectivity index (χ0n) is 9.09. The van der Waals surface area contributed by atoms with Gasteiger partial charge in [0.1, 0.15) is 0 Å². The van der Waals surface area contributed by atoms with Gasteiger partial charge in [-0.2, -0.15) is 0 Å². The first kappa shape index (κ1) is 11.5. The molecule has 1 fully saturated rings. The number of benzene rings is 1. The van der Waals surface area contributed by atoms with E-state index >= 15 is 0 Å². The van der Waals surface area contributed by atoms with Crippen LogP contribution >= 0.6 is 0 Å². The van der Waals surface area contributed by atoms with Gasteiger partial charge in [-0.25, -0.2) is 8.78 Å². The summed E-state index contributed by atoms with van der Waals surface area (Å²) in [7, 11) is 1.43. The lowest BCUT2D eigenvalue weighted by Gasteiger charge is -2.11. The van der Waals surface area contributed by atoms with Crippen LogP contribution in [-0.4, -0.2) is 17.8 Å². The summed E-state index contributed by atoms with van der Waals surface area (Å²) in [6, 6.07) is 3.02. The third kappa shape index (κ3) is 2.23. The lowest BCUT2D eigenvalue weighted by Crippen LogP contribution is -2.13. The fraction of sp³-hybridized carbons (Fsp3) is 0.500. The molecular formula is C12H14F2O2. The Morgan fingerprint density at radius 3 is 2.38 bits per heavy atom. The maximum atomic E-state index is 13.6. The molecule has 1 aromatic rings. The number of hydrogen-bond donors (Lipinski definition) is 1. The van der Waals surface area contributed by atoms with Gasteiger partial charge in [0.15, 0.2) is 11.6 Å². The monoisotopic (exact) mass is 228 g/mol. The summed E-state index contributed by atoms with van der Waals surface area (Å²) < 4.78 is 31.9. The van der Waals surface area contributed by atoms with Gasteiger partial charge < -0.3 is 9.84 Å². The second kappa shape index (κ2) is 4.11. The summed E-state index contributed by atoms with van der Waals surface area (Å²) >= 11 is 0. The maximum absolute atomic E-state index is 13.6. The average molecular weight is 228 g/mol. The summed E-state index contributed by atoms with van der Waals surface area (Å²) in [5.74, 6) is -1.74. The first-order valence-corrected chi connectivity index (χ1v) is 5.23. The van der Waals surface area contributed by atoms with Crippen molar-refractivity contribution in [1.82, 2.24) is 0 Å². The SMILES string of the molecule is COCc1ccc(CC2(O)CC2)c(F)c1F. The van der Waals surface area contributed by atoms with Crippen molar-refractivity contribution in [3.05, 3.63) is 34.9 Å². The van der Waals surface area contributed by atoms with Crippen LogP contribution in [0.25, 0.3) is 0 Å². The second-order valence-corrected chi connectivity index (χ2v) is 4.35. The Hall–Kier alpha value is -1.00. The zero-order valence-corrected chi connectivity index (χ0v) is 9.09. The van der Waals surface area contributed by atoms with Crippen LogP contribution in [0.4, 0.5) is 8.78 Å². The van der Waals surface area contributed by atoms with E-state index in [-0.39, 0.29) is 24.2 Å². The minimum Gasteiger partial charge on any atom is -0.390 e. The zero-order chi connectivity index (χ0) is 11.8. The van der Waals surface area contributed by atoms with Crippen molar-refractivity contribution in [2.24, 2.45) is 0 Å². The van der Waals surface area contributed by atoms with Crippen molar-refractivity contribution in [1.29, 1.82) is 0 Å². The molecule has 88 valence electrons. The lowest BCUT2D eigenvalue weighted by molar-refractivity contribution is 0.149. The van der Waals surface area contributed by atoms with Gasteiger partial charge in [-0.15, -0.1) is 0 Å².